The van der Waals surface area contributed by atoms with Crippen molar-refractivity contribution in [1.82, 2.24) is 10.9 Å². The van der Waals surface area contributed by atoms with E-state index in [2.05, 4.69) is 35.1 Å². The minimum Gasteiger partial charge on any atom is -0.494 e. The van der Waals surface area contributed by atoms with Gasteiger partial charge in [0.05, 0.1) is 6.61 Å². The van der Waals surface area contributed by atoms with Gasteiger partial charge in [-0.15, -0.1) is 0 Å². The smallest absolute Gasteiger partial charge is 0.266 e. The molecule has 1 aliphatic heterocycles. The molecule has 1 aliphatic rings. The van der Waals surface area contributed by atoms with Crippen LogP contribution in [-0.4, -0.2) is 35.7 Å². The number of nitrogens with zero attached hydrogens (tertiary/aromatic N) is 1. The van der Waals surface area contributed by atoms with Crippen molar-refractivity contribution in [3.8, 4) is 5.75 Å². The molecule has 2 atom stereocenters. The Morgan fingerprint density at radius 2 is 1.53 bits per heavy atom. The second kappa shape index (κ2) is 16.8. The lowest BCUT2D eigenvalue weighted by Crippen LogP contribution is -2.52. The number of carbonyl (C=O) groups is 1. The molecule has 0 aliphatic carbocycles. The maximum Gasteiger partial charge on any atom is 0.266 e. The van der Waals surface area contributed by atoms with Gasteiger partial charge in [-0.25, -0.2) is 10.4 Å². The van der Waals surface area contributed by atoms with Crippen molar-refractivity contribution in [3.63, 3.8) is 0 Å². The van der Waals surface area contributed by atoms with Gasteiger partial charge in [0.2, 0.25) is 5.90 Å². The molecule has 0 unspecified atom stereocenters. The fourth-order valence-corrected chi connectivity index (χ4v) is 6.54. The standard InChI is InChI=1S/C41H39N3O4S/c45-28-13-29-47-35-25-23-33(24-26-35)39-43-41(27-12-16-31-14-4-1-5-15-31,38(48-39)32-17-6-2-7-18-32)40(46)44-42-30-34-19-10-11-22-37(34)49-36-20-8-3-9-21-36/h1-12,14-26,38,42,45H,13,27-30H2,(H,44,46)/b16-12+/t38-,41-/m0/s1. The Bertz CT molecular complexity index is 1850. The first-order valence-corrected chi connectivity index (χ1v) is 17.2. The van der Waals surface area contributed by atoms with E-state index in [9.17, 15) is 4.79 Å². The van der Waals surface area contributed by atoms with Crippen molar-refractivity contribution in [3.05, 3.63) is 168 Å². The summed E-state index contributed by atoms with van der Waals surface area (Å²) in [6.45, 7) is 0.909. The van der Waals surface area contributed by atoms with Crippen molar-refractivity contribution < 1.29 is 19.4 Å². The average molecular weight is 670 g/mol. The first-order chi connectivity index (χ1) is 24.1. The molecular formula is C41H39N3O4S. The third-order valence-electron chi connectivity index (χ3n) is 8.10. The Morgan fingerprint density at radius 3 is 2.27 bits per heavy atom. The fourth-order valence-electron chi connectivity index (χ4n) is 5.57. The summed E-state index contributed by atoms with van der Waals surface area (Å²) in [6, 6.07) is 45.6. The van der Waals surface area contributed by atoms with Crippen LogP contribution in [0.25, 0.3) is 6.08 Å². The number of amides is 1. The van der Waals surface area contributed by atoms with Gasteiger partial charge >= 0.3 is 0 Å². The van der Waals surface area contributed by atoms with Crippen LogP contribution in [0.5, 0.6) is 5.75 Å². The number of hydrogen-bond acceptors (Lipinski definition) is 7. The molecule has 49 heavy (non-hydrogen) atoms. The number of hydrogen-bond donors (Lipinski definition) is 3. The van der Waals surface area contributed by atoms with Gasteiger partial charge < -0.3 is 14.6 Å². The molecule has 1 amide bonds. The van der Waals surface area contributed by atoms with Gasteiger partial charge in [-0.3, -0.25) is 10.2 Å². The Morgan fingerprint density at radius 1 is 0.857 bits per heavy atom. The Kier molecular flexibility index (Phi) is 11.6. The highest BCUT2D eigenvalue weighted by atomic mass is 32.2. The largest absolute Gasteiger partial charge is 0.494 e. The van der Waals surface area contributed by atoms with Crippen molar-refractivity contribution in [1.29, 1.82) is 0 Å². The van der Waals surface area contributed by atoms with E-state index >= 15 is 0 Å². The molecule has 0 saturated carbocycles. The maximum absolute atomic E-state index is 14.5. The summed E-state index contributed by atoms with van der Waals surface area (Å²) in [7, 11) is 0. The summed E-state index contributed by atoms with van der Waals surface area (Å²) in [5.41, 5.74) is 8.55. The second-order valence-electron chi connectivity index (χ2n) is 11.5. The molecule has 1 heterocycles. The zero-order valence-corrected chi connectivity index (χ0v) is 27.9. The van der Waals surface area contributed by atoms with Crippen LogP contribution < -0.4 is 15.6 Å². The summed E-state index contributed by atoms with van der Waals surface area (Å²) in [6.07, 6.45) is 4.15. The lowest BCUT2D eigenvalue weighted by Gasteiger charge is -2.30. The summed E-state index contributed by atoms with van der Waals surface area (Å²) in [5, 5.41) is 9.09. The quantitative estimate of drug-likeness (QED) is 0.0779. The molecule has 0 aromatic heterocycles. The lowest BCUT2D eigenvalue weighted by molar-refractivity contribution is -0.129. The maximum atomic E-state index is 14.5. The highest BCUT2D eigenvalue weighted by Gasteiger charge is 2.52. The zero-order chi connectivity index (χ0) is 33.7. The molecule has 0 bridgehead atoms. The van der Waals surface area contributed by atoms with Gasteiger partial charge in [0.1, 0.15) is 5.75 Å². The number of nitrogens with one attached hydrogen (secondary N) is 2. The number of hydrazine groups is 1. The van der Waals surface area contributed by atoms with Gasteiger partial charge in [0.25, 0.3) is 5.91 Å². The molecule has 5 aromatic carbocycles. The Labute approximate surface area is 291 Å². The number of aliphatic hydroxyl groups excluding tert-OH is 1. The predicted molar refractivity (Wildman–Crippen MR) is 195 cm³/mol. The normalized spacial score (nSPS) is 17.0. The second-order valence-corrected chi connectivity index (χ2v) is 12.7. The third kappa shape index (κ3) is 8.66. The van der Waals surface area contributed by atoms with Crippen molar-refractivity contribution in [2.75, 3.05) is 13.2 Å². The van der Waals surface area contributed by atoms with Crippen LogP contribution in [0.2, 0.25) is 0 Å². The molecule has 0 fully saturated rings. The first-order valence-electron chi connectivity index (χ1n) is 16.4. The number of aliphatic hydroxyl groups is 1. The van der Waals surface area contributed by atoms with Gasteiger partial charge in [-0.1, -0.05) is 121 Å². The van der Waals surface area contributed by atoms with Crippen molar-refractivity contribution >= 4 is 29.6 Å². The van der Waals surface area contributed by atoms with E-state index in [0.29, 0.717) is 37.6 Å². The summed E-state index contributed by atoms with van der Waals surface area (Å²) in [4.78, 5) is 21.8. The number of rotatable bonds is 15. The van der Waals surface area contributed by atoms with Crippen LogP contribution in [0.1, 0.15) is 41.2 Å². The predicted octanol–water partition coefficient (Wildman–Crippen LogP) is 7.78. The minimum absolute atomic E-state index is 0.0699. The van der Waals surface area contributed by atoms with Gasteiger partial charge in [-0.2, -0.15) is 0 Å². The molecule has 5 aromatic rings. The lowest BCUT2D eigenvalue weighted by atomic mass is 9.84. The molecular weight excluding hydrogens is 631 g/mol. The Hall–Kier alpha value is -5.15. The summed E-state index contributed by atoms with van der Waals surface area (Å²) >= 11 is 1.68. The number of aliphatic imine (C=N–C) groups is 1. The molecule has 248 valence electrons. The summed E-state index contributed by atoms with van der Waals surface area (Å²) in [5.74, 6) is 0.759. The number of carbonyl (C=O) groups excluding carboxylic acids is 1. The zero-order valence-electron chi connectivity index (χ0n) is 27.1. The van der Waals surface area contributed by atoms with E-state index in [1.807, 2.05) is 127 Å². The van der Waals surface area contributed by atoms with Crippen LogP contribution in [0.4, 0.5) is 0 Å². The number of ether oxygens (including phenoxy) is 2. The van der Waals surface area contributed by atoms with Gasteiger partial charge in [0, 0.05) is 41.3 Å². The highest BCUT2D eigenvalue weighted by Crippen LogP contribution is 2.43. The molecule has 0 saturated heterocycles. The monoisotopic (exact) mass is 669 g/mol. The third-order valence-corrected chi connectivity index (χ3v) is 9.22. The van der Waals surface area contributed by atoms with Crippen molar-refractivity contribution in [2.24, 2.45) is 4.99 Å². The van der Waals surface area contributed by atoms with E-state index in [-0.39, 0.29) is 12.5 Å². The van der Waals surface area contributed by atoms with E-state index < -0.39 is 11.6 Å². The van der Waals surface area contributed by atoms with E-state index in [1.54, 1.807) is 11.8 Å². The summed E-state index contributed by atoms with van der Waals surface area (Å²) < 4.78 is 12.3. The van der Waals surface area contributed by atoms with E-state index in [1.165, 1.54) is 0 Å². The van der Waals surface area contributed by atoms with E-state index in [4.69, 9.17) is 19.6 Å². The molecule has 0 radical (unpaired) electrons. The highest BCUT2D eigenvalue weighted by molar-refractivity contribution is 7.99. The van der Waals surface area contributed by atoms with Crippen LogP contribution in [-0.2, 0) is 16.1 Å². The minimum atomic E-state index is -1.32. The van der Waals surface area contributed by atoms with Crippen LogP contribution in [0.15, 0.2) is 160 Å². The number of benzene rings is 5. The fraction of sp³-hybridized carbons (Fsp3) is 0.171. The van der Waals surface area contributed by atoms with Crippen LogP contribution in [0, 0.1) is 0 Å². The topological polar surface area (TPSA) is 92.2 Å². The molecule has 6 rings (SSSR count). The van der Waals surface area contributed by atoms with Crippen LogP contribution in [0.3, 0.4) is 0 Å². The van der Waals surface area contributed by atoms with Crippen LogP contribution >= 0.6 is 11.8 Å². The average Bonchev–Trinajstić information content (AvgIpc) is 3.55. The molecule has 3 N–H and O–H groups in total. The first kappa shape index (κ1) is 33.7. The van der Waals surface area contributed by atoms with Crippen molar-refractivity contribution in [2.45, 2.75) is 40.8 Å². The van der Waals surface area contributed by atoms with Gasteiger partial charge in [0.15, 0.2) is 11.6 Å². The Balaban J connectivity index is 1.29. The van der Waals surface area contributed by atoms with E-state index in [0.717, 1.165) is 32.0 Å². The SMILES string of the molecule is O=C(NNCc1ccccc1Sc1ccccc1)[C@@]1(C/C=C/c2ccccc2)N=C(c2ccc(OCCCO)cc2)O[C@H]1c1ccccc1. The van der Waals surface area contributed by atoms with Gasteiger partial charge in [-0.05, 0) is 59.2 Å². The molecule has 0 spiro atoms. The molecule has 7 nitrogen and oxygen atoms in total. The molecule has 8 heteroatoms.